The van der Waals surface area contributed by atoms with Gasteiger partial charge < -0.3 is 11.1 Å². The summed E-state index contributed by atoms with van der Waals surface area (Å²) in [5.41, 5.74) is 7.85. The van der Waals surface area contributed by atoms with Gasteiger partial charge in [0, 0.05) is 12.7 Å². The number of hydrogen-bond acceptors (Lipinski definition) is 1. The van der Waals surface area contributed by atoms with Crippen LogP contribution in [-0.2, 0) is 0 Å². The van der Waals surface area contributed by atoms with Crippen molar-refractivity contribution in [2.75, 3.05) is 12.4 Å². The number of nitrogens with zero attached hydrogens (tertiary/aromatic N) is 1. The van der Waals surface area contributed by atoms with Gasteiger partial charge in [0.15, 0.2) is 5.96 Å². The summed E-state index contributed by atoms with van der Waals surface area (Å²) in [7, 11) is 1.66. The molecule has 3 heteroatoms. The summed E-state index contributed by atoms with van der Waals surface area (Å²) < 4.78 is 0. The fraction of sp³-hybridized carbons (Fsp3) is 0.364. The summed E-state index contributed by atoms with van der Waals surface area (Å²) in [6.45, 7) is 4.33. The zero-order chi connectivity index (χ0) is 10.6. The highest BCUT2D eigenvalue weighted by Gasteiger charge is 2.00. The van der Waals surface area contributed by atoms with E-state index < -0.39 is 0 Å². The number of nitrogens with two attached hydrogens (primary N) is 1. The Morgan fingerprint density at radius 1 is 1.43 bits per heavy atom. The largest absolute Gasteiger partial charge is 0.370 e. The first-order chi connectivity index (χ1) is 6.63. The third-order valence-electron chi connectivity index (χ3n) is 2.07. The van der Waals surface area contributed by atoms with Gasteiger partial charge >= 0.3 is 0 Å². The second kappa shape index (κ2) is 4.65. The van der Waals surface area contributed by atoms with Crippen LogP contribution < -0.4 is 11.1 Å². The minimum atomic E-state index is 0.436. The summed E-state index contributed by atoms with van der Waals surface area (Å²) in [5.74, 6) is 0.961. The van der Waals surface area contributed by atoms with Crippen LogP contribution in [0.15, 0.2) is 29.3 Å². The summed E-state index contributed by atoms with van der Waals surface area (Å²) in [6, 6.07) is 8.18. The van der Waals surface area contributed by atoms with Gasteiger partial charge in [-0.3, -0.25) is 4.99 Å². The van der Waals surface area contributed by atoms with Crippen LogP contribution in [0.1, 0.15) is 25.3 Å². The molecule has 0 aliphatic rings. The average Bonchev–Trinajstić information content (AvgIpc) is 2.18. The van der Waals surface area contributed by atoms with Crippen LogP contribution in [0.4, 0.5) is 5.69 Å². The lowest BCUT2D eigenvalue weighted by molar-refractivity contribution is 0.867. The van der Waals surface area contributed by atoms with Crippen LogP contribution >= 0.6 is 0 Å². The molecule has 3 N–H and O–H groups in total. The lowest BCUT2D eigenvalue weighted by atomic mass is 10.0. The van der Waals surface area contributed by atoms with Gasteiger partial charge in [0.25, 0.3) is 0 Å². The maximum atomic E-state index is 5.57. The Morgan fingerprint density at radius 2 is 2.14 bits per heavy atom. The molecule has 0 heterocycles. The molecule has 0 spiro atoms. The van der Waals surface area contributed by atoms with Crippen LogP contribution in [0, 0.1) is 0 Å². The summed E-state index contributed by atoms with van der Waals surface area (Å²) >= 11 is 0. The molecule has 1 aromatic carbocycles. The lowest BCUT2D eigenvalue weighted by Crippen LogP contribution is -2.22. The molecular weight excluding hydrogens is 174 g/mol. The van der Waals surface area contributed by atoms with Crippen molar-refractivity contribution >= 4 is 11.6 Å². The first-order valence-corrected chi connectivity index (χ1v) is 4.72. The van der Waals surface area contributed by atoms with Crippen LogP contribution in [0.25, 0.3) is 0 Å². The zero-order valence-electron chi connectivity index (χ0n) is 8.91. The van der Waals surface area contributed by atoms with Crippen molar-refractivity contribution in [2.45, 2.75) is 19.8 Å². The number of nitrogens with one attached hydrogen (secondary N) is 1. The smallest absolute Gasteiger partial charge is 0.192 e. The third-order valence-corrected chi connectivity index (χ3v) is 2.07. The molecule has 0 unspecified atom stereocenters. The van der Waals surface area contributed by atoms with Gasteiger partial charge in [-0.2, -0.15) is 0 Å². The molecule has 0 fully saturated rings. The third kappa shape index (κ3) is 2.76. The van der Waals surface area contributed by atoms with E-state index in [2.05, 4.69) is 36.3 Å². The molecule has 1 aromatic rings. The number of benzene rings is 1. The van der Waals surface area contributed by atoms with E-state index in [4.69, 9.17) is 5.73 Å². The highest BCUT2D eigenvalue weighted by molar-refractivity contribution is 5.92. The standard InChI is InChI=1S/C11H17N3/c1-8(2)9-5-4-6-10(7-9)14-11(12)13-3/h4-8H,1-3H3,(H3,12,13,14). The first-order valence-electron chi connectivity index (χ1n) is 4.72. The molecule has 0 saturated heterocycles. The molecule has 1 rings (SSSR count). The van der Waals surface area contributed by atoms with Gasteiger partial charge in [-0.25, -0.2) is 0 Å². The van der Waals surface area contributed by atoms with E-state index in [1.807, 2.05) is 12.1 Å². The Labute approximate surface area is 85.0 Å². The molecule has 0 aliphatic heterocycles. The average molecular weight is 191 g/mol. The molecule has 76 valence electrons. The van der Waals surface area contributed by atoms with E-state index in [0.29, 0.717) is 11.9 Å². The van der Waals surface area contributed by atoms with Gasteiger partial charge in [0.05, 0.1) is 0 Å². The quantitative estimate of drug-likeness (QED) is 0.556. The molecule has 0 radical (unpaired) electrons. The molecule has 0 amide bonds. The van der Waals surface area contributed by atoms with Crippen molar-refractivity contribution in [3.8, 4) is 0 Å². The predicted molar refractivity (Wildman–Crippen MR) is 61.7 cm³/mol. The van der Waals surface area contributed by atoms with E-state index in [9.17, 15) is 0 Å². The van der Waals surface area contributed by atoms with Gasteiger partial charge in [0.2, 0.25) is 0 Å². The fourth-order valence-electron chi connectivity index (χ4n) is 1.18. The maximum Gasteiger partial charge on any atom is 0.192 e. The summed E-state index contributed by atoms with van der Waals surface area (Å²) in [4.78, 5) is 3.84. The van der Waals surface area contributed by atoms with Gasteiger partial charge in [-0.05, 0) is 23.6 Å². The second-order valence-electron chi connectivity index (χ2n) is 3.51. The molecule has 3 nitrogen and oxygen atoms in total. The number of rotatable bonds is 2. The number of hydrogen-bond donors (Lipinski definition) is 2. The predicted octanol–water partition coefficient (Wildman–Crippen LogP) is 2.17. The number of anilines is 1. The van der Waals surface area contributed by atoms with E-state index in [0.717, 1.165) is 5.69 Å². The molecule has 0 aromatic heterocycles. The minimum absolute atomic E-state index is 0.436. The van der Waals surface area contributed by atoms with E-state index in [1.54, 1.807) is 7.05 Å². The Kier molecular flexibility index (Phi) is 3.51. The van der Waals surface area contributed by atoms with E-state index in [1.165, 1.54) is 5.56 Å². The van der Waals surface area contributed by atoms with Crippen LogP contribution in [0.2, 0.25) is 0 Å². The van der Waals surface area contributed by atoms with Gasteiger partial charge in [-0.1, -0.05) is 26.0 Å². The van der Waals surface area contributed by atoms with Crippen molar-refractivity contribution in [2.24, 2.45) is 10.7 Å². The Hall–Kier alpha value is -1.51. The van der Waals surface area contributed by atoms with Gasteiger partial charge in [0.1, 0.15) is 0 Å². The summed E-state index contributed by atoms with van der Waals surface area (Å²) in [6.07, 6.45) is 0. The molecule has 14 heavy (non-hydrogen) atoms. The topological polar surface area (TPSA) is 50.4 Å². The molecule has 0 aliphatic carbocycles. The van der Waals surface area contributed by atoms with Crippen LogP contribution in [-0.4, -0.2) is 13.0 Å². The zero-order valence-corrected chi connectivity index (χ0v) is 8.91. The minimum Gasteiger partial charge on any atom is -0.370 e. The highest BCUT2D eigenvalue weighted by atomic mass is 15.1. The lowest BCUT2D eigenvalue weighted by Gasteiger charge is -2.09. The molecule has 0 bridgehead atoms. The van der Waals surface area contributed by atoms with E-state index in [-0.39, 0.29) is 0 Å². The van der Waals surface area contributed by atoms with Crippen LogP contribution in [0.5, 0.6) is 0 Å². The normalized spacial score (nSPS) is 11.9. The monoisotopic (exact) mass is 191 g/mol. The SMILES string of the molecule is CN=C(N)Nc1cccc(C(C)C)c1. The molecular formula is C11H17N3. The van der Waals surface area contributed by atoms with Crippen molar-refractivity contribution < 1.29 is 0 Å². The molecule has 0 saturated carbocycles. The van der Waals surface area contributed by atoms with E-state index >= 15 is 0 Å². The number of aliphatic imine (C=N–C) groups is 1. The fourth-order valence-corrected chi connectivity index (χ4v) is 1.18. The van der Waals surface area contributed by atoms with Crippen molar-refractivity contribution in [1.29, 1.82) is 0 Å². The van der Waals surface area contributed by atoms with Gasteiger partial charge in [-0.15, -0.1) is 0 Å². The second-order valence-corrected chi connectivity index (χ2v) is 3.51. The Bertz CT molecular complexity index is 329. The number of guanidine groups is 1. The first kappa shape index (κ1) is 10.6. The maximum absolute atomic E-state index is 5.57. The van der Waals surface area contributed by atoms with Crippen LogP contribution in [0.3, 0.4) is 0 Å². The Balaban J connectivity index is 2.84. The van der Waals surface area contributed by atoms with Crippen molar-refractivity contribution in [1.82, 2.24) is 0 Å². The summed E-state index contributed by atoms with van der Waals surface area (Å²) in [5, 5.41) is 3.01. The highest BCUT2D eigenvalue weighted by Crippen LogP contribution is 2.18. The van der Waals surface area contributed by atoms with Crippen molar-refractivity contribution in [3.63, 3.8) is 0 Å². The Morgan fingerprint density at radius 3 is 2.71 bits per heavy atom. The molecule has 0 atom stereocenters. The van der Waals surface area contributed by atoms with Crippen molar-refractivity contribution in [3.05, 3.63) is 29.8 Å².